The summed E-state index contributed by atoms with van der Waals surface area (Å²) in [5.41, 5.74) is 0.872. The Morgan fingerprint density at radius 3 is 2.76 bits per heavy atom. The summed E-state index contributed by atoms with van der Waals surface area (Å²) in [6.07, 6.45) is 5.24. The van der Waals surface area contributed by atoms with Crippen LogP contribution in [0.1, 0.15) is 39.7 Å². The Morgan fingerprint density at radius 1 is 1.43 bits per heavy atom. The highest BCUT2D eigenvalue weighted by Crippen LogP contribution is 2.15. The molecule has 0 spiro atoms. The normalized spacial score (nSPS) is 15.9. The molecular formula is C16H27N3O2. The standard InChI is InChI=1S/C16H27N3O2/c1-5-7-18-8-6-13(10-18)9-17-14-11-19(12-14)15(20)21-16(2,3)4/h6,8,10,14,17H,5,7,9,11-12H2,1-4H3. The van der Waals surface area contributed by atoms with Crippen molar-refractivity contribution in [3.63, 3.8) is 0 Å². The van der Waals surface area contributed by atoms with Gasteiger partial charge in [-0.2, -0.15) is 0 Å². The second-order valence-electron chi connectivity index (χ2n) is 6.72. The molecule has 21 heavy (non-hydrogen) atoms. The summed E-state index contributed by atoms with van der Waals surface area (Å²) in [4.78, 5) is 13.5. The molecule has 1 N–H and O–H groups in total. The number of amides is 1. The van der Waals surface area contributed by atoms with Crippen LogP contribution in [0.3, 0.4) is 0 Å². The van der Waals surface area contributed by atoms with Gasteiger partial charge in [-0.25, -0.2) is 4.79 Å². The van der Waals surface area contributed by atoms with Gasteiger partial charge in [-0.1, -0.05) is 6.92 Å². The van der Waals surface area contributed by atoms with E-state index in [-0.39, 0.29) is 6.09 Å². The highest BCUT2D eigenvalue weighted by Gasteiger charge is 2.33. The highest BCUT2D eigenvalue weighted by atomic mass is 16.6. The zero-order valence-corrected chi connectivity index (χ0v) is 13.6. The van der Waals surface area contributed by atoms with Crippen LogP contribution in [0.4, 0.5) is 4.79 Å². The molecule has 1 aromatic rings. The van der Waals surface area contributed by atoms with Gasteiger partial charge in [0.25, 0.3) is 0 Å². The van der Waals surface area contributed by atoms with E-state index < -0.39 is 5.60 Å². The average Bonchev–Trinajstić information content (AvgIpc) is 2.73. The van der Waals surface area contributed by atoms with Crippen molar-refractivity contribution in [1.82, 2.24) is 14.8 Å². The van der Waals surface area contributed by atoms with Gasteiger partial charge in [0, 0.05) is 44.6 Å². The zero-order chi connectivity index (χ0) is 15.5. The largest absolute Gasteiger partial charge is 0.444 e. The van der Waals surface area contributed by atoms with E-state index in [4.69, 9.17) is 4.74 Å². The fourth-order valence-corrected chi connectivity index (χ4v) is 2.34. The maximum atomic E-state index is 11.8. The van der Waals surface area contributed by atoms with E-state index in [0.717, 1.165) is 32.6 Å². The monoisotopic (exact) mass is 293 g/mol. The number of carbonyl (C=O) groups is 1. The van der Waals surface area contributed by atoms with Crippen molar-refractivity contribution in [2.24, 2.45) is 0 Å². The summed E-state index contributed by atoms with van der Waals surface area (Å²) in [7, 11) is 0. The molecule has 0 atom stereocenters. The second kappa shape index (κ2) is 6.52. The van der Waals surface area contributed by atoms with Gasteiger partial charge in [0.05, 0.1) is 0 Å². The van der Waals surface area contributed by atoms with Crippen LogP contribution in [-0.2, 0) is 17.8 Å². The number of nitrogens with zero attached hydrogens (tertiary/aromatic N) is 2. The highest BCUT2D eigenvalue weighted by molar-refractivity contribution is 5.69. The van der Waals surface area contributed by atoms with Crippen LogP contribution in [0.25, 0.3) is 0 Å². The third-order valence-electron chi connectivity index (χ3n) is 3.42. The first-order valence-electron chi connectivity index (χ1n) is 7.73. The molecule has 118 valence electrons. The molecule has 1 aromatic heterocycles. The van der Waals surface area contributed by atoms with Crippen LogP contribution in [0.15, 0.2) is 18.5 Å². The summed E-state index contributed by atoms with van der Waals surface area (Å²) in [6.45, 7) is 11.2. The number of likely N-dealkylation sites (tertiary alicyclic amines) is 1. The summed E-state index contributed by atoms with van der Waals surface area (Å²) in [5, 5.41) is 3.48. The van der Waals surface area contributed by atoms with Crippen LogP contribution >= 0.6 is 0 Å². The lowest BCUT2D eigenvalue weighted by molar-refractivity contribution is 0.00519. The molecule has 0 unspecified atom stereocenters. The lowest BCUT2D eigenvalue weighted by atomic mass is 10.1. The molecule has 0 aromatic carbocycles. The summed E-state index contributed by atoms with van der Waals surface area (Å²) in [6, 6.07) is 2.51. The molecule has 0 bridgehead atoms. The van der Waals surface area contributed by atoms with E-state index in [9.17, 15) is 4.79 Å². The van der Waals surface area contributed by atoms with Crippen LogP contribution in [-0.4, -0.2) is 40.3 Å². The minimum atomic E-state index is -0.419. The van der Waals surface area contributed by atoms with Crippen molar-refractivity contribution in [1.29, 1.82) is 0 Å². The lowest BCUT2D eigenvalue weighted by Crippen LogP contribution is -2.60. The van der Waals surface area contributed by atoms with Gasteiger partial charge < -0.3 is 19.5 Å². The fraction of sp³-hybridized carbons (Fsp3) is 0.688. The van der Waals surface area contributed by atoms with E-state index in [0.29, 0.717) is 6.04 Å². The molecule has 0 saturated carbocycles. The lowest BCUT2D eigenvalue weighted by Gasteiger charge is -2.40. The second-order valence-corrected chi connectivity index (χ2v) is 6.72. The topological polar surface area (TPSA) is 46.5 Å². The van der Waals surface area contributed by atoms with Crippen molar-refractivity contribution in [3.8, 4) is 0 Å². The van der Waals surface area contributed by atoms with Gasteiger partial charge in [0.1, 0.15) is 5.60 Å². The first kappa shape index (κ1) is 15.9. The first-order chi connectivity index (χ1) is 9.87. The van der Waals surface area contributed by atoms with Gasteiger partial charge in [-0.05, 0) is 38.8 Å². The molecule has 1 amide bonds. The van der Waals surface area contributed by atoms with E-state index >= 15 is 0 Å². The smallest absolute Gasteiger partial charge is 0.410 e. The van der Waals surface area contributed by atoms with E-state index in [1.165, 1.54) is 5.56 Å². The van der Waals surface area contributed by atoms with Crippen LogP contribution in [0.2, 0.25) is 0 Å². The predicted molar refractivity (Wildman–Crippen MR) is 83.2 cm³/mol. The molecule has 0 aliphatic carbocycles. The quantitative estimate of drug-likeness (QED) is 0.907. The molecule has 1 saturated heterocycles. The molecule has 1 fully saturated rings. The number of hydrogen-bond acceptors (Lipinski definition) is 3. The number of rotatable bonds is 5. The Balaban J connectivity index is 1.67. The Kier molecular flexibility index (Phi) is 4.93. The van der Waals surface area contributed by atoms with E-state index in [2.05, 4.69) is 35.3 Å². The summed E-state index contributed by atoms with van der Waals surface area (Å²) in [5.74, 6) is 0. The molecule has 0 radical (unpaired) electrons. The minimum absolute atomic E-state index is 0.213. The van der Waals surface area contributed by atoms with Crippen molar-refractivity contribution in [2.45, 2.75) is 58.8 Å². The van der Waals surface area contributed by atoms with Gasteiger partial charge in [0.15, 0.2) is 0 Å². The Hall–Kier alpha value is -1.49. The molecule has 2 heterocycles. The minimum Gasteiger partial charge on any atom is -0.444 e. The fourth-order valence-electron chi connectivity index (χ4n) is 2.34. The van der Waals surface area contributed by atoms with E-state index in [1.54, 1.807) is 4.90 Å². The third-order valence-corrected chi connectivity index (χ3v) is 3.42. The summed E-state index contributed by atoms with van der Waals surface area (Å²) < 4.78 is 7.55. The number of carbonyl (C=O) groups excluding carboxylic acids is 1. The number of ether oxygens (including phenoxy) is 1. The third kappa shape index (κ3) is 4.77. The van der Waals surface area contributed by atoms with Crippen molar-refractivity contribution in [2.75, 3.05) is 13.1 Å². The Morgan fingerprint density at radius 2 is 2.14 bits per heavy atom. The van der Waals surface area contributed by atoms with Gasteiger partial charge in [-0.3, -0.25) is 0 Å². The Labute approximate surface area is 127 Å². The van der Waals surface area contributed by atoms with Gasteiger partial charge in [0.2, 0.25) is 0 Å². The number of nitrogens with one attached hydrogen (secondary N) is 1. The molecule has 5 nitrogen and oxygen atoms in total. The van der Waals surface area contributed by atoms with Crippen molar-refractivity contribution < 1.29 is 9.53 Å². The maximum Gasteiger partial charge on any atom is 0.410 e. The molecule has 5 heteroatoms. The number of aromatic nitrogens is 1. The average molecular weight is 293 g/mol. The van der Waals surface area contributed by atoms with Gasteiger partial charge >= 0.3 is 6.09 Å². The predicted octanol–water partition coefficient (Wildman–Crippen LogP) is 2.61. The van der Waals surface area contributed by atoms with Gasteiger partial charge in [-0.15, -0.1) is 0 Å². The zero-order valence-electron chi connectivity index (χ0n) is 13.6. The molecular weight excluding hydrogens is 266 g/mol. The molecule has 1 aliphatic rings. The first-order valence-corrected chi connectivity index (χ1v) is 7.73. The van der Waals surface area contributed by atoms with Crippen molar-refractivity contribution in [3.05, 3.63) is 24.0 Å². The van der Waals surface area contributed by atoms with Crippen molar-refractivity contribution >= 4 is 6.09 Å². The van der Waals surface area contributed by atoms with Crippen LogP contribution in [0, 0.1) is 0 Å². The SMILES string of the molecule is CCCn1ccc(CNC2CN(C(=O)OC(C)(C)C)C2)c1. The van der Waals surface area contributed by atoms with Crippen LogP contribution in [0.5, 0.6) is 0 Å². The van der Waals surface area contributed by atoms with E-state index in [1.807, 2.05) is 20.8 Å². The molecule has 2 rings (SSSR count). The molecule has 1 aliphatic heterocycles. The number of aryl methyl sites for hydroxylation is 1. The van der Waals surface area contributed by atoms with Crippen LogP contribution < -0.4 is 5.32 Å². The maximum absolute atomic E-state index is 11.8. The summed E-state index contributed by atoms with van der Waals surface area (Å²) >= 11 is 0. The number of hydrogen-bond donors (Lipinski definition) is 1. The Bertz CT molecular complexity index is 470.